The molecule has 6 nitrogen and oxygen atoms in total. The van der Waals surface area contributed by atoms with Crippen LogP contribution in [0.1, 0.15) is 27.3 Å². The summed E-state index contributed by atoms with van der Waals surface area (Å²) in [7, 11) is -4.39. The van der Waals surface area contributed by atoms with Gasteiger partial charge in [-0.3, -0.25) is 4.79 Å². The third-order valence-corrected chi connectivity index (χ3v) is 4.33. The Kier molecular flexibility index (Phi) is 5.33. The van der Waals surface area contributed by atoms with Crippen molar-refractivity contribution in [2.45, 2.75) is 18.9 Å². The van der Waals surface area contributed by atoms with Gasteiger partial charge < -0.3 is 0 Å². The van der Waals surface area contributed by atoms with Crippen LogP contribution in [-0.2, 0) is 22.0 Å². The highest BCUT2D eigenvalue weighted by molar-refractivity contribution is 7.89. The molecule has 2 aromatic rings. The first-order chi connectivity index (χ1) is 11.5. The molecule has 2 rings (SSSR count). The highest BCUT2D eigenvalue weighted by atomic mass is 35.5. The van der Waals surface area contributed by atoms with Crippen molar-refractivity contribution in [3.63, 3.8) is 0 Å². The standard InChI is InChI=1S/C14H11ClF3N3O3S/c1-8-6-11(20-13(15)19-8)12(22)21-25(23,24)7-9-4-2-3-5-10(9)14(16,17)18/h2-6H,7H2,1H3,(H,21,22). The number of carbonyl (C=O) groups is 1. The van der Waals surface area contributed by atoms with Crippen LogP contribution in [0.5, 0.6) is 0 Å². The van der Waals surface area contributed by atoms with Crippen molar-refractivity contribution < 1.29 is 26.4 Å². The van der Waals surface area contributed by atoms with Gasteiger partial charge in [0.15, 0.2) is 0 Å². The SMILES string of the molecule is Cc1cc(C(=O)NS(=O)(=O)Cc2ccccc2C(F)(F)F)nc(Cl)n1. The van der Waals surface area contributed by atoms with Crippen molar-refractivity contribution in [2.75, 3.05) is 0 Å². The Balaban J connectivity index is 2.25. The van der Waals surface area contributed by atoms with Crippen LogP contribution in [0, 0.1) is 6.92 Å². The molecule has 0 atom stereocenters. The van der Waals surface area contributed by atoms with Crippen molar-refractivity contribution in [1.29, 1.82) is 0 Å². The molecule has 11 heteroatoms. The lowest BCUT2D eigenvalue weighted by molar-refractivity contribution is -0.138. The minimum atomic E-state index is -4.71. The number of aryl methyl sites for hydroxylation is 1. The fourth-order valence-electron chi connectivity index (χ4n) is 2.01. The van der Waals surface area contributed by atoms with E-state index in [1.807, 2.05) is 0 Å². The molecule has 0 fully saturated rings. The van der Waals surface area contributed by atoms with Crippen LogP contribution in [0.25, 0.3) is 0 Å². The number of carbonyl (C=O) groups excluding carboxylic acids is 1. The van der Waals surface area contributed by atoms with Crippen molar-refractivity contribution in [2.24, 2.45) is 0 Å². The second kappa shape index (κ2) is 6.96. The zero-order valence-corrected chi connectivity index (χ0v) is 14.2. The third kappa shape index (κ3) is 5.13. The molecule has 1 aromatic carbocycles. The Hall–Kier alpha value is -2.20. The number of aromatic nitrogens is 2. The summed E-state index contributed by atoms with van der Waals surface area (Å²) in [5, 5.41) is -0.259. The first-order valence-corrected chi connectivity index (χ1v) is 8.72. The molecule has 1 heterocycles. The van der Waals surface area contributed by atoms with Crippen LogP contribution < -0.4 is 4.72 Å². The molecule has 25 heavy (non-hydrogen) atoms. The second-order valence-corrected chi connectivity index (χ2v) is 7.07. The maximum absolute atomic E-state index is 12.9. The Morgan fingerprint density at radius 3 is 2.48 bits per heavy atom. The Morgan fingerprint density at radius 2 is 1.88 bits per heavy atom. The van der Waals surface area contributed by atoms with E-state index in [1.54, 1.807) is 4.72 Å². The van der Waals surface area contributed by atoms with E-state index in [9.17, 15) is 26.4 Å². The molecule has 0 radical (unpaired) electrons. The van der Waals surface area contributed by atoms with Gasteiger partial charge >= 0.3 is 6.18 Å². The largest absolute Gasteiger partial charge is 0.416 e. The smallest absolute Gasteiger partial charge is 0.266 e. The average Bonchev–Trinajstić information content (AvgIpc) is 2.44. The second-order valence-electron chi connectivity index (χ2n) is 5.01. The number of rotatable bonds is 4. The number of alkyl halides is 3. The quantitative estimate of drug-likeness (QED) is 0.807. The Bertz CT molecular complexity index is 897. The molecule has 0 aliphatic heterocycles. The van der Waals surface area contributed by atoms with E-state index in [0.29, 0.717) is 5.69 Å². The van der Waals surface area contributed by atoms with E-state index >= 15 is 0 Å². The van der Waals surface area contributed by atoms with Gasteiger partial charge in [0.05, 0.1) is 11.3 Å². The van der Waals surface area contributed by atoms with E-state index in [0.717, 1.165) is 18.2 Å². The first kappa shape index (κ1) is 19.1. The van der Waals surface area contributed by atoms with E-state index in [-0.39, 0.29) is 11.0 Å². The molecule has 0 saturated carbocycles. The van der Waals surface area contributed by atoms with Gasteiger partial charge in [-0.2, -0.15) is 13.2 Å². The van der Waals surface area contributed by atoms with Gasteiger partial charge in [-0.15, -0.1) is 0 Å². The van der Waals surface area contributed by atoms with Crippen molar-refractivity contribution in [3.05, 3.63) is 58.1 Å². The van der Waals surface area contributed by atoms with Crippen molar-refractivity contribution in [1.82, 2.24) is 14.7 Å². The van der Waals surface area contributed by atoms with Crippen LogP contribution in [0.4, 0.5) is 13.2 Å². The number of hydrogen-bond acceptors (Lipinski definition) is 5. The fraction of sp³-hybridized carbons (Fsp3) is 0.214. The minimum Gasteiger partial charge on any atom is -0.266 e. The number of halogens is 4. The number of benzene rings is 1. The molecule has 0 spiro atoms. The maximum Gasteiger partial charge on any atom is 0.416 e. The van der Waals surface area contributed by atoms with E-state index in [4.69, 9.17) is 11.6 Å². The lowest BCUT2D eigenvalue weighted by atomic mass is 10.1. The van der Waals surface area contributed by atoms with Crippen molar-refractivity contribution in [3.8, 4) is 0 Å². The zero-order valence-electron chi connectivity index (χ0n) is 12.6. The molecule has 1 aromatic heterocycles. The Morgan fingerprint density at radius 1 is 1.24 bits per heavy atom. The van der Waals surface area contributed by atoms with E-state index in [2.05, 4.69) is 9.97 Å². The summed E-state index contributed by atoms with van der Waals surface area (Å²) in [4.78, 5) is 19.3. The zero-order chi connectivity index (χ0) is 18.8. The molecule has 1 amide bonds. The van der Waals surface area contributed by atoms with Gasteiger partial charge in [0.25, 0.3) is 5.91 Å². The summed E-state index contributed by atoms with van der Waals surface area (Å²) >= 11 is 5.59. The van der Waals surface area contributed by atoms with Crippen LogP contribution in [-0.4, -0.2) is 24.3 Å². The molecular formula is C14H11ClF3N3O3S. The van der Waals surface area contributed by atoms with Crippen LogP contribution >= 0.6 is 11.6 Å². The number of amides is 1. The van der Waals surface area contributed by atoms with Gasteiger partial charge in [0, 0.05) is 5.69 Å². The molecule has 0 aliphatic rings. The lowest BCUT2D eigenvalue weighted by Gasteiger charge is -2.13. The summed E-state index contributed by atoms with van der Waals surface area (Å²) in [6.45, 7) is 1.51. The predicted octanol–water partition coefficient (Wildman–Crippen LogP) is 2.72. The maximum atomic E-state index is 12.9. The van der Waals surface area contributed by atoms with E-state index < -0.39 is 39.0 Å². The lowest BCUT2D eigenvalue weighted by Crippen LogP contribution is -2.32. The molecule has 0 aliphatic carbocycles. The number of hydrogen-bond donors (Lipinski definition) is 1. The van der Waals surface area contributed by atoms with Crippen LogP contribution in [0.15, 0.2) is 30.3 Å². The van der Waals surface area contributed by atoms with Crippen LogP contribution in [0.2, 0.25) is 5.28 Å². The molecule has 1 N–H and O–H groups in total. The van der Waals surface area contributed by atoms with Gasteiger partial charge in [0.1, 0.15) is 5.69 Å². The topological polar surface area (TPSA) is 89.0 Å². The summed E-state index contributed by atoms with van der Waals surface area (Å²) in [5.74, 6) is -2.14. The summed E-state index contributed by atoms with van der Waals surface area (Å²) in [5.41, 5.74) is -1.56. The fourth-order valence-corrected chi connectivity index (χ4v) is 3.35. The van der Waals surface area contributed by atoms with Gasteiger partial charge in [0.2, 0.25) is 15.3 Å². The van der Waals surface area contributed by atoms with Gasteiger partial charge in [-0.25, -0.2) is 23.1 Å². The molecule has 0 saturated heterocycles. The predicted molar refractivity (Wildman–Crippen MR) is 83.3 cm³/mol. The summed E-state index contributed by atoms with van der Waals surface area (Å²) < 4.78 is 64.6. The van der Waals surface area contributed by atoms with Gasteiger partial charge in [-0.05, 0) is 36.2 Å². The molecule has 0 bridgehead atoms. The Labute approximate surface area is 146 Å². The highest BCUT2D eigenvalue weighted by Crippen LogP contribution is 2.32. The number of sulfonamides is 1. The third-order valence-electron chi connectivity index (χ3n) is 2.98. The monoisotopic (exact) mass is 393 g/mol. The molecule has 134 valence electrons. The summed E-state index contributed by atoms with van der Waals surface area (Å²) in [6, 6.07) is 5.40. The highest BCUT2D eigenvalue weighted by Gasteiger charge is 2.34. The average molecular weight is 394 g/mol. The van der Waals surface area contributed by atoms with Gasteiger partial charge in [-0.1, -0.05) is 18.2 Å². The number of nitrogens with zero attached hydrogens (tertiary/aromatic N) is 2. The first-order valence-electron chi connectivity index (χ1n) is 6.69. The van der Waals surface area contributed by atoms with Crippen LogP contribution in [0.3, 0.4) is 0 Å². The molecule has 0 unspecified atom stereocenters. The minimum absolute atomic E-state index is 0.259. The van der Waals surface area contributed by atoms with Crippen molar-refractivity contribution >= 4 is 27.5 Å². The molecular weight excluding hydrogens is 383 g/mol. The summed E-state index contributed by atoms with van der Waals surface area (Å²) in [6.07, 6.45) is -4.71. The number of nitrogens with one attached hydrogen (secondary N) is 1. The normalized spacial score (nSPS) is 12.0. The van der Waals surface area contributed by atoms with E-state index in [1.165, 1.54) is 19.1 Å².